The van der Waals surface area contributed by atoms with E-state index in [1.807, 2.05) is 0 Å². The monoisotopic (exact) mass is 244 g/mol. The zero-order valence-corrected chi connectivity index (χ0v) is 8.73. The lowest BCUT2D eigenvalue weighted by atomic mass is 10.0. The zero-order valence-electron chi connectivity index (χ0n) is 8.73. The van der Waals surface area contributed by atoms with E-state index in [0.717, 1.165) is 6.07 Å². The van der Waals surface area contributed by atoms with E-state index in [9.17, 15) is 18.4 Å². The van der Waals surface area contributed by atoms with E-state index in [-0.39, 0.29) is 24.2 Å². The third-order valence-electron chi connectivity index (χ3n) is 2.08. The Hall–Kier alpha value is -1.98. The fourth-order valence-corrected chi connectivity index (χ4v) is 1.33. The first-order valence-corrected chi connectivity index (χ1v) is 4.77. The number of alkyl halides is 2. The molecule has 1 rings (SSSR count). The van der Waals surface area contributed by atoms with Crippen LogP contribution in [0.4, 0.5) is 8.78 Å². The van der Waals surface area contributed by atoms with Gasteiger partial charge in [-0.15, -0.1) is 0 Å². The van der Waals surface area contributed by atoms with E-state index in [1.54, 1.807) is 0 Å². The minimum absolute atomic E-state index is 0.124. The highest BCUT2D eigenvalue weighted by Gasteiger charge is 2.09. The Balaban J connectivity index is 2.85. The molecule has 0 aromatic heterocycles. The van der Waals surface area contributed by atoms with Gasteiger partial charge < -0.3 is 9.84 Å². The quantitative estimate of drug-likeness (QED) is 0.778. The van der Waals surface area contributed by atoms with Gasteiger partial charge in [0.15, 0.2) is 0 Å². The predicted molar refractivity (Wildman–Crippen MR) is 54.4 cm³/mol. The number of carbonyl (C=O) groups excluding carboxylic acids is 1. The van der Waals surface area contributed by atoms with Crippen molar-refractivity contribution in [2.45, 2.75) is 19.5 Å². The summed E-state index contributed by atoms with van der Waals surface area (Å²) in [4.78, 5) is 21.1. The molecule has 0 aliphatic rings. The van der Waals surface area contributed by atoms with Crippen LogP contribution in [0.1, 0.15) is 22.3 Å². The van der Waals surface area contributed by atoms with Crippen LogP contribution in [0, 0.1) is 0 Å². The van der Waals surface area contributed by atoms with Gasteiger partial charge in [0.1, 0.15) is 12.0 Å². The van der Waals surface area contributed by atoms with E-state index in [2.05, 4.69) is 4.74 Å². The average molecular weight is 244 g/mol. The van der Waals surface area contributed by atoms with Gasteiger partial charge in [0.05, 0.1) is 0 Å². The van der Waals surface area contributed by atoms with E-state index >= 15 is 0 Å². The number of carboxylic acids is 1. The van der Waals surface area contributed by atoms with Crippen molar-refractivity contribution in [2.24, 2.45) is 0 Å². The highest BCUT2D eigenvalue weighted by atomic mass is 19.3. The molecule has 0 bridgehead atoms. The Morgan fingerprint density at radius 2 is 2.18 bits per heavy atom. The SMILES string of the molecule is O=Cc1cc(OC(F)F)ccc1CCC(=O)O. The Morgan fingerprint density at radius 3 is 2.71 bits per heavy atom. The topological polar surface area (TPSA) is 63.6 Å². The van der Waals surface area contributed by atoms with Gasteiger partial charge in [-0.2, -0.15) is 8.78 Å². The summed E-state index contributed by atoms with van der Waals surface area (Å²) < 4.78 is 28.0. The number of rotatable bonds is 6. The summed E-state index contributed by atoms with van der Waals surface area (Å²) in [6.07, 6.45) is 0.518. The number of hydrogen-bond donors (Lipinski definition) is 1. The molecule has 0 saturated heterocycles. The van der Waals surface area contributed by atoms with Crippen molar-refractivity contribution in [2.75, 3.05) is 0 Å². The summed E-state index contributed by atoms with van der Waals surface area (Å²) in [5.41, 5.74) is 0.647. The molecule has 6 heteroatoms. The number of hydrogen-bond acceptors (Lipinski definition) is 3. The second-order valence-corrected chi connectivity index (χ2v) is 3.25. The van der Waals surface area contributed by atoms with Crippen molar-refractivity contribution in [1.29, 1.82) is 0 Å². The van der Waals surface area contributed by atoms with Gasteiger partial charge >= 0.3 is 12.6 Å². The molecule has 0 fully saturated rings. The van der Waals surface area contributed by atoms with Crippen LogP contribution in [0.2, 0.25) is 0 Å². The summed E-state index contributed by atoms with van der Waals surface area (Å²) >= 11 is 0. The van der Waals surface area contributed by atoms with Crippen molar-refractivity contribution in [3.05, 3.63) is 29.3 Å². The Labute approximate surface area is 95.8 Å². The number of aryl methyl sites for hydroxylation is 1. The number of aliphatic carboxylic acids is 1. The molecule has 0 heterocycles. The lowest BCUT2D eigenvalue weighted by Gasteiger charge is -2.07. The number of carboxylic acid groups (broad SMARTS) is 1. The van der Waals surface area contributed by atoms with Crippen LogP contribution in [0.25, 0.3) is 0 Å². The number of halogens is 2. The van der Waals surface area contributed by atoms with Crippen molar-refractivity contribution < 1.29 is 28.2 Å². The van der Waals surface area contributed by atoms with Crippen LogP contribution >= 0.6 is 0 Å². The molecule has 0 saturated carbocycles. The summed E-state index contributed by atoms with van der Waals surface area (Å²) in [5, 5.41) is 8.50. The maximum absolute atomic E-state index is 11.9. The number of aldehydes is 1. The molecule has 1 N–H and O–H groups in total. The molecule has 17 heavy (non-hydrogen) atoms. The molecule has 0 amide bonds. The van der Waals surface area contributed by atoms with E-state index in [1.165, 1.54) is 12.1 Å². The van der Waals surface area contributed by atoms with E-state index < -0.39 is 12.6 Å². The van der Waals surface area contributed by atoms with Gasteiger partial charge in [0.25, 0.3) is 0 Å². The molecular weight excluding hydrogens is 234 g/mol. The smallest absolute Gasteiger partial charge is 0.387 e. The minimum Gasteiger partial charge on any atom is -0.481 e. The van der Waals surface area contributed by atoms with Crippen LogP contribution < -0.4 is 4.74 Å². The predicted octanol–water partition coefficient (Wildman–Crippen LogP) is 2.12. The Morgan fingerprint density at radius 1 is 1.47 bits per heavy atom. The van der Waals surface area contributed by atoms with Crippen molar-refractivity contribution in [3.8, 4) is 5.75 Å². The molecule has 4 nitrogen and oxygen atoms in total. The first kappa shape index (κ1) is 13.1. The second-order valence-electron chi connectivity index (χ2n) is 3.25. The maximum atomic E-state index is 11.9. The molecule has 0 unspecified atom stereocenters. The largest absolute Gasteiger partial charge is 0.481 e. The Kier molecular flexibility index (Phi) is 4.56. The van der Waals surface area contributed by atoms with Gasteiger partial charge in [0.2, 0.25) is 0 Å². The standard InChI is InChI=1S/C11H10F2O4/c12-11(13)17-9-3-1-7(2-4-10(15)16)8(5-9)6-14/h1,3,5-6,11H,2,4H2,(H,15,16). The van der Waals surface area contributed by atoms with Crippen LogP contribution in [0.3, 0.4) is 0 Å². The van der Waals surface area contributed by atoms with E-state index in [0.29, 0.717) is 11.8 Å². The van der Waals surface area contributed by atoms with Gasteiger partial charge in [-0.25, -0.2) is 0 Å². The minimum atomic E-state index is -2.96. The molecule has 92 valence electrons. The lowest BCUT2D eigenvalue weighted by Crippen LogP contribution is -2.04. The molecule has 1 aromatic rings. The summed E-state index contributed by atoms with van der Waals surface area (Å²) in [5.74, 6) is -1.11. The Bertz CT molecular complexity index is 418. The van der Waals surface area contributed by atoms with E-state index in [4.69, 9.17) is 5.11 Å². The van der Waals surface area contributed by atoms with Gasteiger partial charge in [-0.05, 0) is 24.1 Å². The van der Waals surface area contributed by atoms with Crippen molar-refractivity contribution in [1.82, 2.24) is 0 Å². The number of benzene rings is 1. The summed E-state index contributed by atoms with van der Waals surface area (Å²) in [7, 11) is 0. The maximum Gasteiger partial charge on any atom is 0.387 e. The fraction of sp³-hybridized carbons (Fsp3) is 0.273. The fourth-order valence-electron chi connectivity index (χ4n) is 1.33. The molecule has 0 spiro atoms. The summed E-state index contributed by atoms with van der Waals surface area (Å²) in [6.45, 7) is -2.96. The second kappa shape index (κ2) is 5.93. The highest BCUT2D eigenvalue weighted by Crippen LogP contribution is 2.19. The zero-order chi connectivity index (χ0) is 12.8. The molecular formula is C11H10F2O4. The molecule has 0 aliphatic carbocycles. The van der Waals surface area contributed by atoms with Crippen molar-refractivity contribution >= 4 is 12.3 Å². The third kappa shape index (κ3) is 4.18. The first-order chi connectivity index (χ1) is 8.02. The lowest BCUT2D eigenvalue weighted by molar-refractivity contribution is -0.136. The summed E-state index contributed by atoms with van der Waals surface area (Å²) in [6, 6.07) is 3.84. The van der Waals surface area contributed by atoms with Crippen LogP contribution in [0.15, 0.2) is 18.2 Å². The molecule has 0 radical (unpaired) electrons. The average Bonchev–Trinajstić information content (AvgIpc) is 2.26. The van der Waals surface area contributed by atoms with Crippen LogP contribution in [0.5, 0.6) is 5.75 Å². The normalized spacial score (nSPS) is 10.3. The number of carbonyl (C=O) groups is 2. The number of ether oxygens (including phenoxy) is 1. The van der Waals surface area contributed by atoms with Gasteiger partial charge in [-0.3, -0.25) is 9.59 Å². The first-order valence-electron chi connectivity index (χ1n) is 4.77. The van der Waals surface area contributed by atoms with Gasteiger partial charge in [0, 0.05) is 12.0 Å². The molecule has 1 aromatic carbocycles. The van der Waals surface area contributed by atoms with Gasteiger partial charge in [-0.1, -0.05) is 6.07 Å². The molecule has 0 aliphatic heterocycles. The van der Waals surface area contributed by atoms with Crippen LogP contribution in [-0.2, 0) is 11.2 Å². The third-order valence-corrected chi connectivity index (χ3v) is 2.08. The molecule has 0 atom stereocenters. The van der Waals surface area contributed by atoms with Crippen LogP contribution in [-0.4, -0.2) is 24.0 Å². The highest BCUT2D eigenvalue weighted by molar-refractivity contribution is 5.78. The van der Waals surface area contributed by atoms with Crippen molar-refractivity contribution in [3.63, 3.8) is 0 Å².